The lowest BCUT2D eigenvalue weighted by molar-refractivity contribution is -0.274. The number of aromatic nitrogens is 1. The molecule has 0 N–H and O–H groups in total. The first kappa shape index (κ1) is 17.8. The van der Waals surface area contributed by atoms with Crippen molar-refractivity contribution in [1.82, 2.24) is 9.88 Å². The molecule has 1 fully saturated rings. The van der Waals surface area contributed by atoms with E-state index in [4.69, 9.17) is 0 Å². The summed E-state index contributed by atoms with van der Waals surface area (Å²) in [6, 6.07) is 4.14. The van der Waals surface area contributed by atoms with Gasteiger partial charge in [0, 0.05) is 38.7 Å². The molecule has 0 aliphatic carbocycles. The minimum atomic E-state index is -4.71. The number of carbonyl (C=O) groups excluding carboxylic acids is 1. The van der Waals surface area contributed by atoms with Crippen molar-refractivity contribution in [2.75, 3.05) is 31.1 Å². The normalized spacial score (nSPS) is 15.7. The van der Waals surface area contributed by atoms with Crippen LogP contribution < -0.4 is 9.64 Å². The van der Waals surface area contributed by atoms with Gasteiger partial charge < -0.3 is 14.5 Å². The third-order valence-electron chi connectivity index (χ3n) is 3.95. The van der Waals surface area contributed by atoms with Crippen molar-refractivity contribution in [3.63, 3.8) is 0 Å². The van der Waals surface area contributed by atoms with E-state index in [2.05, 4.69) is 14.6 Å². The second-order valence-electron chi connectivity index (χ2n) is 5.79. The molecule has 0 bridgehead atoms. The molecule has 2 aromatic rings. The van der Waals surface area contributed by atoms with Gasteiger partial charge in [-0.1, -0.05) is 18.3 Å². The van der Waals surface area contributed by atoms with E-state index >= 15 is 0 Å². The summed E-state index contributed by atoms with van der Waals surface area (Å²) in [5.41, 5.74) is 0.638. The first-order valence-electron chi connectivity index (χ1n) is 8.05. The van der Waals surface area contributed by atoms with Gasteiger partial charge in [0.25, 0.3) is 0 Å². The smallest absolute Gasteiger partial charge is 0.406 e. The van der Waals surface area contributed by atoms with Crippen LogP contribution in [0.2, 0.25) is 0 Å². The topological polar surface area (TPSA) is 45.7 Å². The van der Waals surface area contributed by atoms with E-state index in [1.807, 2.05) is 11.8 Å². The summed E-state index contributed by atoms with van der Waals surface area (Å²) in [4.78, 5) is 20.3. The minimum absolute atomic E-state index is 0.167. The molecule has 1 amide bonds. The number of alkyl halides is 3. The minimum Gasteiger partial charge on any atom is -0.406 e. The Morgan fingerprint density at radius 2 is 2.00 bits per heavy atom. The highest BCUT2D eigenvalue weighted by Gasteiger charge is 2.31. The second kappa shape index (κ2) is 7.07. The number of halogens is 3. The molecule has 2 heterocycles. The number of carbonyl (C=O) groups is 1. The number of hydrogen-bond donors (Lipinski definition) is 0. The zero-order valence-corrected chi connectivity index (χ0v) is 14.5. The van der Waals surface area contributed by atoms with E-state index in [0.717, 1.165) is 11.6 Å². The van der Waals surface area contributed by atoms with Gasteiger partial charge in [0.1, 0.15) is 5.75 Å². The molecule has 0 atom stereocenters. The number of amides is 1. The molecule has 3 rings (SSSR count). The van der Waals surface area contributed by atoms with Crippen molar-refractivity contribution in [3.8, 4) is 5.75 Å². The Morgan fingerprint density at radius 1 is 1.28 bits per heavy atom. The summed E-state index contributed by atoms with van der Waals surface area (Å²) in [5, 5.41) is 0.752. The van der Waals surface area contributed by atoms with Crippen molar-refractivity contribution in [3.05, 3.63) is 18.2 Å². The highest BCUT2D eigenvalue weighted by atomic mass is 32.1. The molecule has 0 radical (unpaired) electrons. The lowest BCUT2D eigenvalue weighted by Crippen LogP contribution is -2.48. The van der Waals surface area contributed by atoms with Gasteiger partial charge in [-0.3, -0.25) is 4.79 Å². The molecule has 1 aliphatic rings. The Morgan fingerprint density at radius 3 is 2.64 bits per heavy atom. The Labute approximate surface area is 147 Å². The average Bonchev–Trinajstić information content (AvgIpc) is 2.97. The fourth-order valence-electron chi connectivity index (χ4n) is 2.74. The Bertz CT molecular complexity index is 755. The summed E-state index contributed by atoms with van der Waals surface area (Å²) in [5.74, 6) is -0.0782. The number of thiazole rings is 1. The van der Waals surface area contributed by atoms with Crippen LogP contribution >= 0.6 is 11.3 Å². The summed E-state index contributed by atoms with van der Waals surface area (Å²) in [6.45, 7) is 4.59. The van der Waals surface area contributed by atoms with E-state index in [9.17, 15) is 18.0 Å². The summed E-state index contributed by atoms with van der Waals surface area (Å²) in [7, 11) is 0. The van der Waals surface area contributed by atoms with Crippen LogP contribution in [0, 0.1) is 0 Å². The monoisotopic (exact) mass is 373 g/mol. The van der Waals surface area contributed by atoms with Crippen LogP contribution in [-0.2, 0) is 4.79 Å². The van der Waals surface area contributed by atoms with E-state index in [1.54, 1.807) is 0 Å². The van der Waals surface area contributed by atoms with Gasteiger partial charge in [-0.05, 0) is 18.6 Å². The molecule has 0 unspecified atom stereocenters. The SMILES string of the molecule is CCCC(=O)N1CCN(c2nc3ccc(OC(F)(F)F)cc3s2)CC1. The van der Waals surface area contributed by atoms with Gasteiger partial charge in [0.05, 0.1) is 10.2 Å². The fraction of sp³-hybridized carbons (Fsp3) is 0.500. The quantitative estimate of drug-likeness (QED) is 0.821. The van der Waals surface area contributed by atoms with Gasteiger partial charge in [-0.2, -0.15) is 0 Å². The lowest BCUT2D eigenvalue weighted by Gasteiger charge is -2.34. The molecular formula is C16H18F3N3O2S. The summed E-state index contributed by atoms with van der Waals surface area (Å²) < 4.78 is 41.5. The van der Waals surface area contributed by atoms with Crippen molar-refractivity contribution < 1.29 is 22.7 Å². The zero-order valence-electron chi connectivity index (χ0n) is 13.7. The molecule has 9 heteroatoms. The van der Waals surface area contributed by atoms with E-state index in [1.165, 1.54) is 29.5 Å². The highest BCUT2D eigenvalue weighted by molar-refractivity contribution is 7.22. The van der Waals surface area contributed by atoms with Gasteiger partial charge in [-0.15, -0.1) is 13.2 Å². The number of benzene rings is 1. The van der Waals surface area contributed by atoms with Crippen molar-refractivity contribution in [1.29, 1.82) is 0 Å². The van der Waals surface area contributed by atoms with Crippen molar-refractivity contribution in [2.45, 2.75) is 26.1 Å². The number of ether oxygens (including phenoxy) is 1. The molecule has 0 saturated carbocycles. The number of hydrogen-bond acceptors (Lipinski definition) is 5. The van der Waals surface area contributed by atoms with Crippen LogP contribution in [0.4, 0.5) is 18.3 Å². The van der Waals surface area contributed by atoms with Gasteiger partial charge >= 0.3 is 6.36 Å². The molecule has 5 nitrogen and oxygen atoms in total. The van der Waals surface area contributed by atoms with Crippen molar-refractivity contribution in [2.24, 2.45) is 0 Å². The van der Waals surface area contributed by atoms with Crippen LogP contribution in [0.15, 0.2) is 18.2 Å². The third-order valence-corrected chi connectivity index (χ3v) is 5.03. The number of nitrogens with zero attached hydrogens (tertiary/aromatic N) is 3. The molecule has 25 heavy (non-hydrogen) atoms. The maximum Gasteiger partial charge on any atom is 0.573 e. The van der Waals surface area contributed by atoms with Crippen molar-refractivity contribution >= 4 is 32.6 Å². The Balaban J connectivity index is 1.69. The predicted molar refractivity (Wildman–Crippen MR) is 90.0 cm³/mol. The Hall–Kier alpha value is -2.03. The first-order chi connectivity index (χ1) is 11.9. The third kappa shape index (κ3) is 4.33. The average molecular weight is 373 g/mol. The molecule has 136 valence electrons. The van der Waals surface area contributed by atoms with Crippen LogP contribution in [0.5, 0.6) is 5.75 Å². The standard InChI is InChI=1S/C16H18F3N3O2S/c1-2-3-14(23)21-6-8-22(9-7-21)15-20-12-5-4-11(10-13(12)25-15)24-16(17,18)19/h4-5,10H,2-3,6-9H2,1H3. The number of piperazine rings is 1. The second-order valence-corrected chi connectivity index (χ2v) is 6.80. The molecule has 1 aliphatic heterocycles. The van der Waals surface area contributed by atoms with E-state index in [0.29, 0.717) is 42.8 Å². The summed E-state index contributed by atoms with van der Waals surface area (Å²) >= 11 is 1.33. The zero-order chi connectivity index (χ0) is 18.0. The van der Waals surface area contributed by atoms with Crippen LogP contribution in [0.25, 0.3) is 10.2 Å². The molecular weight excluding hydrogens is 355 g/mol. The number of fused-ring (bicyclic) bond motifs is 1. The predicted octanol–water partition coefficient (Wildman–Crippen LogP) is 3.64. The van der Waals surface area contributed by atoms with E-state index in [-0.39, 0.29) is 11.7 Å². The number of anilines is 1. The molecule has 0 spiro atoms. The summed E-state index contributed by atoms with van der Waals surface area (Å²) in [6.07, 6.45) is -3.31. The highest BCUT2D eigenvalue weighted by Crippen LogP contribution is 2.33. The van der Waals surface area contributed by atoms with Gasteiger partial charge in [0.15, 0.2) is 5.13 Å². The largest absolute Gasteiger partial charge is 0.573 e. The van der Waals surface area contributed by atoms with Gasteiger partial charge in [-0.25, -0.2) is 4.98 Å². The van der Waals surface area contributed by atoms with Crippen LogP contribution in [0.3, 0.4) is 0 Å². The molecule has 1 aromatic heterocycles. The Kier molecular flexibility index (Phi) is 5.03. The molecule has 1 saturated heterocycles. The maximum absolute atomic E-state index is 12.3. The van der Waals surface area contributed by atoms with E-state index < -0.39 is 6.36 Å². The molecule has 1 aromatic carbocycles. The van der Waals surface area contributed by atoms with Gasteiger partial charge in [0.2, 0.25) is 5.91 Å². The van der Waals surface area contributed by atoms with Crippen LogP contribution in [0.1, 0.15) is 19.8 Å². The maximum atomic E-state index is 12.3. The fourth-order valence-corrected chi connectivity index (χ4v) is 3.79. The first-order valence-corrected chi connectivity index (χ1v) is 8.86. The lowest BCUT2D eigenvalue weighted by atomic mass is 10.2. The van der Waals surface area contributed by atoms with Crippen LogP contribution in [-0.4, -0.2) is 48.3 Å². The number of rotatable bonds is 4.